The van der Waals surface area contributed by atoms with Gasteiger partial charge < -0.3 is 0 Å². The van der Waals surface area contributed by atoms with Gasteiger partial charge in [-0.2, -0.15) is 0 Å². The van der Waals surface area contributed by atoms with Crippen molar-refractivity contribution in [1.82, 2.24) is 0 Å². The summed E-state index contributed by atoms with van der Waals surface area (Å²) in [6, 6.07) is 4.61. The van der Waals surface area contributed by atoms with Crippen molar-refractivity contribution in [1.29, 1.82) is 0 Å². The van der Waals surface area contributed by atoms with E-state index in [0.29, 0.717) is 10.2 Å². The predicted octanol–water partition coefficient (Wildman–Crippen LogP) is 5.74. The predicted molar refractivity (Wildman–Crippen MR) is 85.8 cm³/mol. The maximum atomic E-state index is 3.82. The fourth-order valence-corrected chi connectivity index (χ4v) is 2.82. The molecule has 1 unspecified atom stereocenters. The first kappa shape index (κ1) is 15.8. The van der Waals surface area contributed by atoms with E-state index < -0.39 is 0 Å². The normalized spacial score (nSPS) is 13.7. The fraction of sp³-hybridized carbons (Fsp3) is 0.647. The molecule has 0 spiro atoms. The first-order chi connectivity index (χ1) is 8.21. The number of rotatable bonds is 4. The molecular weight excluding hydrogens is 284 g/mol. The van der Waals surface area contributed by atoms with E-state index in [1.54, 1.807) is 5.56 Å². The second-order valence-corrected chi connectivity index (χ2v) is 7.71. The molecule has 0 aliphatic heterocycles. The van der Waals surface area contributed by atoms with Gasteiger partial charge in [-0.1, -0.05) is 54.4 Å². The van der Waals surface area contributed by atoms with Gasteiger partial charge in [-0.15, -0.1) is 0 Å². The minimum Gasteiger partial charge on any atom is -0.0885 e. The molecule has 0 N–H and O–H groups in total. The Bertz CT molecular complexity index is 376. The molecule has 0 radical (unpaired) electrons. The van der Waals surface area contributed by atoms with E-state index in [0.717, 1.165) is 0 Å². The average molecular weight is 311 g/mol. The van der Waals surface area contributed by atoms with Crippen LogP contribution < -0.4 is 0 Å². The SMILES string of the molecule is Cc1cc(C)c(CCCC(Br)C(C)(C)C)c(C)c1. The number of aryl methyl sites for hydroxylation is 3. The lowest BCUT2D eigenvalue weighted by molar-refractivity contribution is 0.380. The molecule has 1 atom stereocenters. The highest BCUT2D eigenvalue weighted by molar-refractivity contribution is 9.09. The first-order valence-corrected chi connectivity index (χ1v) is 7.84. The van der Waals surface area contributed by atoms with Gasteiger partial charge in [0.2, 0.25) is 0 Å². The molecule has 1 aromatic rings. The van der Waals surface area contributed by atoms with E-state index >= 15 is 0 Å². The molecule has 18 heavy (non-hydrogen) atoms. The highest BCUT2D eigenvalue weighted by Crippen LogP contribution is 2.30. The molecule has 0 saturated carbocycles. The third kappa shape index (κ3) is 4.42. The standard InChI is InChI=1S/C17H27Br/c1-12-10-13(2)15(14(3)11-12)8-7-9-16(18)17(4,5)6/h10-11,16H,7-9H2,1-6H3. The molecule has 0 aliphatic rings. The Morgan fingerprint density at radius 1 is 1.06 bits per heavy atom. The second-order valence-electron chi connectivity index (χ2n) is 6.60. The fourth-order valence-electron chi connectivity index (χ4n) is 2.50. The second kappa shape index (κ2) is 6.23. The zero-order valence-electron chi connectivity index (χ0n) is 12.7. The minimum atomic E-state index is 0.358. The van der Waals surface area contributed by atoms with Gasteiger partial charge in [-0.05, 0) is 62.1 Å². The summed E-state index contributed by atoms with van der Waals surface area (Å²) < 4.78 is 0. The molecule has 0 amide bonds. The van der Waals surface area contributed by atoms with Crippen LogP contribution in [-0.2, 0) is 6.42 Å². The van der Waals surface area contributed by atoms with Gasteiger partial charge in [-0.3, -0.25) is 0 Å². The molecule has 1 aromatic carbocycles. The Morgan fingerprint density at radius 2 is 1.56 bits per heavy atom. The quantitative estimate of drug-likeness (QED) is 0.622. The topological polar surface area (TPSA) is 0 Å². The summed E-state index contributed by atoms with van der Waals surface area (Å²) in [6.07, 6.45) is 3.71. The monoisotopic (exact) mass is 310 g/mol. The third-order valence-corrected chi connectivity index (χ3v) is 5.50. The average Bonchev–Trinajstić information content (AvgIpc) is 2.19. The number of benzene rings is 1. The summed E-state index contributed by atoms with van der Waals surface area (Å²) in [6.45, 7) is 13.6. The van der Waals surface area contributed by atoms with Crippen molar-refractivity contribution in [3.8, 4) is 0 Å². The highest BCUT2D eigenvalue weighted by Gasteiger charge is 2.21. The van der Waals surface area contributed by atoms with E-state index in [2.05, 4.69) is 69.6 Å². The Labute approximate surface area is 121 Å². The van der Waals surface area contributed by atoms with Crippen LogP contribution in [0.1, 0.15) is 55.9 Å². The summed E-state index contributed by atoms with van der Waals surface area (Å²) in [4.78, 5) is 0.607. The summed E-state index contributed by atoms with van der Waals surface area (Å²) >= 11 is 3.82. The van der Waals surface area contributed by atoms with Crippen molar-refractivity contribution in [2.24, 2.45) is 5.41 Å². The van der Waals surface area contributed by atoms with Crippen molar-refractivity contribution in [3.63, 3.8) is 0 Å². The lowest BCUT2D eigenvalue weighted by atomic mass is 9.88. The Morgan fingerprint density at radius 3 is 2.00 bits per heavy atom. The molecule has 0 fully saturated rings. The van der Waals surface area contributed by atoms with Crippen molar-refractivity contribution < 1.29 is 0 Å². The zero-order valence-corrected chi connectivity index (χ0v) is 14.3. The molecule has 0 aliphatic carbocycles. The lowest BCUT2D eigenvalue weighted by Gasteiger charge is -2.25. The molecule has 0 heterocycles. The van der Waals surface area contributed by atoms with E-state index in [4.69, 9.17) is 0 Å². The Kier molecular flexibility index (Phi) is 5.46. The Hall–Kier alpha value is -0.300. The van der Waals surface area contributed by atoms with Crippen LogP contribution in [0, 0.1) is 26.2 Å². The highest BCUT2D eigenvalue weighted by atomic mass is 79.9. The van der Waals surface area contributed by atoms with Crippen molar-refractivity contribution in [2.45, 2.75) is 65.6 Å². The van der Waals surface area contributed by atoms with Crippen LogP contribution in [0.25, 0.3) is 0 Å². The van der Waals surface area contributed by atoms with Gasteiger partial charge >= 0.3 is 0 Å². The molecule has 0 saturated heterocycles. The molecular formula is C17H27Br. The van der Waals surface area contributed by atoms with Crippen LogP contribution in [0.5, 0.6) is 0 Å². The molecule has 102 valence electrons. The van der Waals surface area contributed by atoms with Crippen LogP contribution in [0.4, 0.5) is 0 Å². The maximum Gasteiger partial charge on any atom is 0.0194 e. The van der Waals surface area contributed by atoms with E-state index in [9.17, 15) is 0 Å². The van der Waals surface area contributed by atoms with Crippen LogP contribution in [-0.4, -0.2) is 4.83 Å². The third-order valence-electron chi connectivity index (χ3n) is 3.66. The number of hydrogen-bond donors (Lipinski definition) is 0. The maximum absolute atomic E-state index is 3.82. The molecule has 0 aromatic heterocycles. The molecule has 1 rings (SSSR count). The lowest BCUT2D eigenvalue weighted by Crippen LogP contribution is -2.20. The van der Waals surface area contributed by atoms with Crippen LogP contribution in [0.2, 0.25) is 0 Å². The smallest absolute Gasteiger partial charge is 0.0194 e. The molecule has 0 bridgehead atoms. The number of alkyl halides is 1. The van der Waals surface area contributed by atoms with Gasteiger partial charge in [0, 0.05) is 4.83 Å². The van der Waals surface area contributed by atoms with Crippen LogP contribution in [0.15, 0.2) is 12.1 Å². The molecule has 0 nitrogen and oxygen atoms in total. The van der Waals surface area contributed by atoms with Crippen molar-refractivity contribution in [3.05, 3.63) is 34.4 Å². The van der Waals surface area contributed by atoms with E-state index in [-0.39, 0.29) is 0 Å². The van der Waals surface area contributed by atoms with Crippen molar-refractivity contribution >= 4 is 15.9 Å². The van der Waals surface area contributed by atoms with E-state index in [1.807, 2.05) is 0 Å². The zero-order chi connectivity index (χ0) is 13.9. The van der Waals surface area contributed by atoms with Gasteiger partial charge in [0.1, 0.15) is 0 Å². The number of halogens is 1. The summed E-state index contributed by atoms with van der Waals surface area (Å²) in [5.41, 5.74) is 6.19. The molecule has 1 heteroatoms. The van der Waals surface area contributed by atoms with Gasteiger partial charge in [0.05, 0.1) is 0 Å². The van der Waals surface area contributed by atoms with Gasteiger partial charge in [0.25, 0.3) is 0 Å². The van der Waals surface area contributed by atoms with Gasteiger partial charge in [-0.25, -0.2) is 0 Å². The van der Waals surface area contributed by atoms with E-state index in [1.165, 1.54) is 36.0 Å². The summed E-state index contributed by atoms with van der Waals surface area (Å²) in [7, 11) is 0. The van der Waals surface area contributed by atoms with Crippen LogP contribution in [0.3, 0.4) is 0 Å². The summed E-state index contributed by atoms with van der Waals surface area (Å²) in [5, 5.41) is 0. The number of hydrogen-bond acceptors (Lipinski definition) is 0. The largest absolute Gasteiger partial charge is 0.0885 e. The first-order valence-electron chi connectivity index (χ1n) is 6.92. The minimum absolute atomic E-state index is 0.358. The summed E-state index contributed by atoms with van der Waals surface area (Å²) in [5.74, 6) is 0. The Balaban J connectivity index is 2.60. The van der Waals surface area contributed by atoms with Crippen LogP contribution >= 0.6 is 15.9 Å². The van der Waals surface area contributed by atoms with Gasteiger partial charge in [0.15, 0.2) is 0 Å². The van der Waals surface area contributed by atoms with Crippen molar-refractivity contribution in [2.75, 3.05) is 0 Å².